The highest BCUT2D eigenvalue weighted by molar-refractivity contribution is 9.10. The van der Waals surface area contributed by atoms with E-state index in [1.54, 1.807) is 39.0 Å². The number of aliphatic hydroxyl groups excluding tert-OH is 1. The zero-order chi connectivity index (χ0) is 21.0. The van der Waals surface area contributed by atoms with Crippen molar-refractivity contribution in [3.8, 4) is 5.75 Å². The van der Waals surface area contributed by atoms with E-state index in [1.807, 2.05) is 0 Å². The number of likely N-dealkylation sites (tertiary alicyclic amines) is 1. The molecule has 0 aliphatic carbocycles. The lowest BCUT2D eigenvalue weighted by Crippen LogP contribution is -2.59. The van der Waals surface area contributed by atoms with Gasteiger partial charge in [-0.2, -0.15) is 0 Å². The first-order chi connectivity index (χ1) is 13.0. The number of carboxylic acids is 1. The van der Waals surface area contributed by atoms with Crippen molar-refractivity contribution >= 4 is 33.7 Å². The molecule has 9 heteroatoms. The van der Waals surface area contributed by atoms with E-state index in [0.717, 1.165) is 4.90 Å². The van der Waals surface area contributed by atoms with Gasteiger partial charge in [-0.05, 0) is 39.0 Å². The summed E-state index contributed by atoms with van der Waals surface area (Å²) >= 11 is 3.38. The minimum atomic E-state index is -1.96. The Morgan fingerprint density at radius 1 is 1.32 bits per heavy atom. The highest BCUT2D eigenvalue weighted by atomic mass is 79.9. The Bertz CT molecular complexity index is 851. The number of halogens is 1. The number of fused-ring (bicyclic) bond motifs is 1. The number of methoxy groups -OCH3 is 1. The van der Waals surface area contributed by atoms with Crippen LogP contribution in [0.3, 0.4) is 0 Å². The van der Waals surface area contributed by atoms with Crippen LogP contribution in [0.5, 0.6) is 5.75 Å². The molecule has 152 valence electrons. The Morgan fingerprint density at radius 3 is 2.46 bits per heavy atom. The fourth-order valence-electron chi connectivity index (χ4n) is 4.29. The summed E-state index contributed by atoms with van der Waals surface area (Å²) in [6.07, 6.45) is 0. The van der Waals surface area contributed by atoms with Crippen LogP contribution in [-0.2, 0) is 14.4 Å². The molecule has 0 spiro atoms. The zero-order valence-corrected chi connectivity index (χ0v) is 17.6. The number of nitrogens with one attached hydrogen (secondary N) is 1. The summed E-state index contributed by atoms with van der Waals surface area (Å²) in [6.45, 7) is 4.32. The number of carboxylic acid groups (broad SMARTS) is 1. The highest BCUT2D eigenvalue weighted by Gasteiger charge is 2.69. The van der Waals surface area contributed by atoms with E-state index < -0.39 is 53.3 Å². The van der Waals surface area contributed by atoms with Gasteiger partial charge in [0.2, 0.25) is 11.8 Å². The number of aliphatic hydroxyl groups is 1. The van der Waals surface area contributed by atoms with Gasteiger partial charge in [-0.25, -0.2) is 0 Å². The van der Waals surface area contributed by atoms with Crippen LogP contribution in [-0.4, -0.2) is 57.7 Å². The van der Waals surface area contributed by atoms with Crippen molar-refractivity contribution in [2.45, 2.75) is 37.9 Å². The second-order valence-electron chi connectivity index (χ2n) is 8.13. The second kappa shape index (κ2) is 6.82. The monoisotopic (exact) mass is 454 g/mol. The zero-order valence-electron chi connectivity index (χ0n) is 16.0. The largest absolute Gasteiger partial charge is 0.496 e. The van der Waals surface area contributed by atoms with Crippen LogP contribution in [0.2, 0.25) is 0 Å². The van der Waals surface area contributed by atoms with E-state index in [-0.39, 0.29) is 0 Å². The molecule has 2 aliphatic heterocycles. The number of rotatable bonds is 4. The van der Waals surface area contributed by atoms with Gasteiger partial charge in [0, 0.05) is 21.6 Å². The van der Waals surface area contributed by atoms with Crippen molar-refractivity contribution in [1.29, 1.82) is 0 Å². The summed E-state index contributed by atoms with van der Waals surface area (Å²) in [6, 6.07) is 4.36. The summed E-state index contributed by atoms with van der Waals surface area (Å²) < 4.78 is 6.11. The fraction of sp³-hybridized carbons (Fsp3) is 0.526. The molecule has 2 aliphatic rings. The maximum atomic E-state index is 13.3. The van der Waals surface area contributed by atoms with Crippen LogP contribution in [0.4, 0.5) is 0 Å². The fourth-order valence-corrected chi connectivity index (χ4v) is 4.67. The number of ether oxygens (including phenoxy) is 1. The number of aliphatic carboxylic acids is 1. The molecular weight excluding hydrogens is 432 g/mol. The lowest BCUT2D eigenvalue weighted by molar-refractivity contribution is -0.155. The Balaban J connectivity index is 2.22. The first-order valence-corrected chi connectivity index (χ1v) is 9.62. The molecule has 0 radical (unpaired) electrons. The molecule has 1 aromatic carbocycles. The average molecular weight is 455 g/mol. The minimum Gasteiger partial charge on any atom is -0.496 e. The predicted molar refractivity (Wildman–Crippen MR) is 103 cm³/mol. The van der Waals surface area contributed by atoms with Crippen LogP contribution in [0.15, 0.2) is 22.7 Å². The van der Waals surface area contributed by atoms with Crippen LogP contribution in [0.1, 0.15) is 32.4 Å². The molecule has 1 aromatic rings. The molecule has 4 unspecified atom stereocenters. The number of hydrogen-bond donors (Lipinski definition) is 3. The molecule has 0 saturated carbocycles. The van der Waals surface area contributed by atoms with Crippen molar-refractivity contribution in [1.82, 2.24) is 10.2 Å². The first-order valence-electron chi connectivity index (χ1n) is 8.83. The number of amides is 2. The van der Waals surface area contributed by atoms with E-state index in [0.29, 0.717) is 15.8 Å². The Hall–Kier alpha value is -1.97. The SMILES string of the molecule is COc1ccc(Br)cc1C1NC(CO)(C(=O)O)C2C(=O)N(C(C)(C)C)C(=O)C12. The Morgan fingerprint density at radius 2 is 1.96 bits per heavy atom. The van der Waals surface area contributed by atoms with Gasteiger partial charge in [-0.1, -0.05) is 15.9 Å². The lowest BCUT2D eigenvalue weighted by Gasteiger charge is -2.34. The third-order valence-electron chi connectivity index (χ3n) is 5.48. The summed E-state index contributed by atoms with van der Waals surface area (Å²) in [5, 5.41) is 22.8. The molecule has 0 aromatic heterocycles. The van der Waals surface area contributed by atoms with Gasteiger partial charge in [0.1, 0.15) is 5.75 Å². The van der Waals surface area contributed by atoms with E-state index in [9.17, 15) is 24.6 Å². The molecule has 3 rings (SSSR count). The molecule has 3 N–H and O–H groups in total. The number of carbonyl (C=O) groups is 3. The van der Waals surface area contributed by atoms with E-state index in [4.69, 9.17) is 4.74 Å². The maximum absolute atomic E-state index is 13.3. The Labute approximate surface area is 171 Å². The molecule has 2 amide bonds. The van der Waals surface area contributed by atoms with Gasteiger partial charge in [-0.15, -0.1) is 0 Å². The van der Waals surface area contributed by atoms with Gasteiger partial charge < -0.3 is 14.9 Å². The van der Waals surface area contributed by atoms with Crippen molar-refractivity contribution in [2.24, 2.45) is 11.8 Å². The summed E-state index contributed by atoms with van der Waals surface area (Å²) in [5.41, 5.74) is -2.24. The third kappa shape index (κ3) is 2.84. The average Bonchev–Trinajstić information content (AvgIpc) is 3.09. The van der Waals surface area contributed by atoms with Crippen molar-refractivity contribution < 1.29 is 29.3 Å². The van der Waals surface area contributed by atoms with Gasteiger partial charge in [-0.3, -0.25) is 24.6 Å². The number of benzene rings is 1. The van der Waals surface area contributed by atoms with Crippen LogP contribution in [0.25, 0.3) is 0 Å². The maximum Gasteiger partial charge on any atom is 0.327 e. The number of hydrogen-bond acceptors (Lipinski definition) is 6. The molecule has 2 heterocycles. The van der Waals surface area contributed by atoms with E-state index in [1.165, 1.54) is 7.11 Å². The molecular formula is C19H23BrN2O6. The normalized spacial score (nSPS) is 29.9. The predicted octanol–water partition coefficient (Wildman–Crippen LogP) is 1.32. The summed E-state index contributed by atoms with van der Waals surface area (Å²) in [7, 11) is 1.47. The van der Waals surface area contributed by atoms with Crippen LogP contribution >= 0.6 is 15.9 Å². The second-order valence-corrected chi connectivity index (χ2v) is 9.04. The van der Waals surface area contributed by atoms with Gasteiger partial charge in [0.15, 0.2) is 5.54 Å². The minimum absolute atomic E-state index is 0.452. The molecule has 8 nitrogen and oxygen atoms in total. The van der Waals surface area contributed by atoms with E-state index in [2.05, 4.69) is 21.2 Å². The highest BCUT2D eigenvalue weighted by Crippen LogP contribution is 2.51. The number of carbonyl (C=O) groups excluding carboxylic acids is 2. The first kappa shape index (κ1) is 20.8. The van der Waals surface area contributed by atoms with Crippen LogP contribution in [0, 0.1) is 11.8 Å². The van der Waals surface area contributed by atoms with Gasteiger partial charge >= 0.3 is 5.97 Å². The smallest absolute Gasteiger partial charge is 0.327 e. The molecule has 2 saturated heterocycles. The van der Waals surface area contributed by atoms with E-state index >= 15 is 0 Å². The molecule has 28 heavy (non-hydrogen) atoms. The summed E-state index contributed by atoms with van der Waals surface area (Å²) in [4.78, 5) is 39.7. The lowest BCUT2D eigenvalue weighted by atomic mass is 9.79. The molecule has 2 fully saturated rings. The standard InChI is InChI=1S/C19H23BrN2O6/c1-18(2,3)22-15(24)12-13(16(22)25)19(8-23,17(26)27)21-14(12)10-7-9(20)5-6-11(10)28-4/h5-7,12-14,21,23H,8H2,1-4H3,(H,26,27). The van der Waals surface area contributed by atoms with Gasteiger partial charge in [0.25, 0.3) is 0 Å². The molecule has 4 atom stereocenters. The quantitative estimate of drug-likeness (QED) is 0.587. The van der Waals surface area contributed by atoms with Crippen molar-refractivity contribution in [3.63, 3.8) is 0 Å². The van der Waals surface area contributed by atoms with Gasteiger partial charge in [0.05, 0.1) is 25.6 Å². The number of imide groups is 1. The third-order valence-corrected chi connectivity index (χ3v) is 5.98. The topological polar surface area (TPSA) is 116 Å². The Kier molecular flexibility index (Phi) is 5.06. The molecule has 0 bridgehead atoms. The number of nitrogens with zero attached hydrogens (tertiary/aromatic N) is 1. The van der Waals surface area contributed by atoms with Crippen molar-refractivity contribution in [3.05, 3.63) is 28.2 Å². The van der Waals surface area contributed by atoms with Crippen LogP contribution < -0.4 is 10.1 Å². The van der Waals surface area contributed by atoms with Crippen molar-refractivity contribution in [2.75, 3.05) is 13.7 Å². The summed E-state index contributed by atoms with van der Waals surface area (Å²) in [5.74, 6) is -4.18.